The molecule has 1 amide bonds. The Morgan fingerprint density at radius 1 is 0.774 bits per heavy atom. The van der Waals surface area contributed by atoms with Gasteiger partial charge in [-0.2, -0.15) is 0 Å². The Bertz CT molecular complexity index is 1990. The predicted molar refractivity (Wildman–Crippen MR) is 216 cm³/mol. The molecule has 4 aromatic carbocycles. The summed E-state index contributed by atoms with van der Waals surface area (Å²) in [5.74, 6) is 2.40. The van der Waals surface area contributed by atoms with Crippen molar-refractivity contribution in [3.8, 4) is 23.1 Å². The molecule has 7 nitrogen and oxygen atoms in total. The average Bonchev–Trinajstić information content (AvgIpc) is 3.15. The molecule has 0 unspecified atom stereocenters. The van der Waals surface area contributed by atoms with Gasteiger partial charge in [-0.3, -0.25) is 9.69 Å². The zero-order chi connectivity index (χ0) is 36.5. The van der Waals surface area contributed by atoms with E-state index in [1.807, 2.05) is 48.2 Å². The first-order chi connectivity index (χ1) is 25.2. The quantitative estimate of drug-likeness (QED) is 0.111. The topological polar surface area (TPSA) is 64.1 Å². The van der Waals surface area contributed by atoms with Gasteiger partial charge in [-0.25, -0.2) is 4.98 Å². The van der Waals surface area contributed by atoms with Crippen molar-refractivity contribution in [3.63, 3.8) is 0 Å². The van der Waals surface area contributed by atoms with Crippen molar-refractivity contribution in [3.05, 3.63) is 152 Å². The number of nitrogens with zero attached hydrogens (tertiary/aromatic N) is 3. The van der Waals surface area contributed by atoms with Gasteiger partial charge >= 0.3 is 0 Å². The van der Waals surface area contributed by atoms with E-state index in [-0.39, 0.29) is 18.3 Å². The molecule has 1 aliphatic rings. The highest BCUT2D eigenvalue weighted by Crippen LogP contribution is 2.34. The van der Waals surface area contributed by atoms with Crippen LogP contribution in [0.4, 0.5) is 0 Å². The minimum atomic E-state index is -0.0119. The number of carbonyl (C=O) groups is 1. The molecule has 0 spiro atoms. The van der Waals surface area contributed by atoms with Crippen LogP contribution < -0.4 is 14.2 Å². The number of hydrogen-bond acceptors (Lipinski definition) is 6. The van der Waals surface area contributed by atoms with Crippen molar-refractivity contribution >= 4 is 47.6 Å². The van der Waals surface area contributed by atoms with E-state index >= 15 is 0 Å². The molecule has 10 heteroatoms. The van der Waals surface area contributed by atoms with Gasteiger partial charge in [0.1, 0.15) is 18.1 Å². The van der Waals surface area contributed by atoms with Crippen molar-refractivity contribution in [2.24, 2.45) is 0 Å². The number of aryl methyl sites for hydroxylation is 3. The second-order valence-electron chi connectivity index (χ2n) is 13.1. The van der Waals surface area contributed by atoms with E-state index in [1.165, 1.54) is 22.3 Å². The largest absolute Gasteiger partial charge is 0.493 e. The fourth-order valence-electron chi connectivity index (χ4n) is 5.94. The van der Waals surface area contributed by atoms with Crippen LogP contribution in [0, 0.1) is 20.8 Å². The maximum atomic E-state index is 13.1. The molecule has 0 N–H and O–H groups in total. The van der Waals surface area contributed by atoms with Gasteiger partial charge in [0.25, 0.3) is 0 Å². The van der Waals surface area contributed by atoms with Crippen molar-refractivity contribution < 1.29 is 19.0 Å². The molecular formula is C43H44Cl3N3O4. The molecule has 276 valence electrons. The lowest BCUT2D eigenvalue weighted by atomic mass is 10.1. The third-order valence-electron chi connectivity index (χ3n) is 9.19. The smallest absolute Gasteiger partial charge is 0.246 e. The Labute approximate surface area is 328 Å². The molecule has 0 radical (unpaired) electrons. The molecule has 6 rings (SSSR count). The molecule has 1 fully saturated rings. The number of halogens is 3. The van der Waals surface area contributed by atoms with Gasteiger partial charge in [0, 0.05) is 61.9 Å². The second-order valence-corrected chi connectivity index (χ2v) is 13.9. The van der Waals surface area contributed by atoms with Crippen molar-refractivity contribution in [2.45, 2.75) is 40.3 Å². The Morgan fingerprint density at radius 3 is 2.21 bits per heavy atom. The van der Waals surface area contributed by atoms with E-state index in [0.717, 1.165) is 48.5 Å². The minimum absolute atomic E-state index is 0. The van der Waals surface area contributed by atoms with Crippen LogP contribution in [-0.2, 0) is 24.4 Å². The van der Waals surface area contributed by atoms with E-state index in [0.29, 0.717) is 53.7 Å². The summed E-state index contributed by atoms with van der Waals surface area (Å²) in [6.07, 6.45) is 5.88. The third kappa shape index (κ3) is 11.2. The number of carbonyl (C=O) groups excluding carboxylic acids is 1. The number of aromatic nitrogens is 1. The fourth-order valence-corrected chi connectivity index (χ4v) is 6.44. The van der Waals surface area contributed by atoms with Gasteiger partial charge in [0.15, 0.2) is 5.75 Å². The van der Waals surface area contributed by atoms with Crippen molar-refractivity contribution in [1.82, 2.24) is 14.8 Å². The Kier molecular flexibility index (Phi) is 14.2. The summed E-state index contributed by atoms with van der Waals surface area (Å²) in [7, 11) is 0. The predicted octanol–water partition coefficient (Wildman–Crippen LogP) is 10.1. The molecule has 0 bridgehead atoms. The van der Waals surface area contributed by atoms with E-state index in [1.54, 1.807) is 36.5 Å². The first-order valence-electron chi connectivity index (χ1n) is 17.5. The van der Waals surface area contributed by atoms with Crippen LogP contribution in [-0.4, -0.2) is 53.5 Å². The Morgan fingerprint density at radius 2 is 1.51 bits per heavy atom. The summed E-state index contributed by atoms with van der Waals surface area (Å²) in [6, 6.07) is 29.8. The van der Waals surface area contributed by atoms with Crippen molar-refractivity contribution in [1.29, 1.82) is 0 Å². The van der Waals surface area contributed by atoms with Gasteiger partial charge in [-0.05, 0) is 96.6 Å². The summed E-state index contributed by atoms with van der Waals surface area (Å²) in [5.41, 5.74) is 7.58. The van der Waals surface area contributed by atoms with E-state index in [4.69, 9.17) is 37.4 Å². The monoisotopic (exact) mass is 771 g/mol. The molecule has 2 heterocycles. The number of hydrogen-bond donors (Lipinski definition) is 0. The van der Waals surface area contributed by atoms with Crippen LogP contribution >= 0.6 is 35.6 Å². The van der Waals surface area contributed by atoms with Crippen LogP contribution in [0.25, 0.3) is 6.08 Å². The summed E-state index contributed by atoms with van der Waals surface area (Å²) in [5, 5.41) is 1.09. The molecule has 5 aromatic rings. The van der Waals surface area contributed by atoms with Gasteiger partial charge < -0.3 is 19.1 Å². The number of amides is 1. The lowest BCUT2D eigenvalue weighted by molar-refractivity contribution is -0.127. The number of benzene rings is 4. The lowest BCUT2D eigenvalue weighted by Gasteiger charge is -2.34. The molecule has 1 aromatic heterocycles. The Hall–Kier alpha value is -4.53. The molecule has 1 saturated heterocycles. The lowest BCUT2D eigenvalue weighted by Crippen LogP contribution is -2.47. The molecule has 0 saturated carbocycles. The molecular weight excluding hydrogens is 729 g/mol. The summed E-state index contributed by atoms with van der Waals surface area (Å²) in [6.45, 7) is 11.0. The number of pyridine rings is 1. The van der Waals surface area contributed by atoms with Gasteiger partial charge in [-0.1, -0.05) is 71.7 Å². The Balaban J connectivity index is 0.00000541. The molecule has 0 atom stereocenters. The highest BCUT2D eigenvalue weighted by atomic mass is 35.5. The number of ether oxygens (including phenoxy) is 3. The number of piperazine rings is 1. The summed E-state index contributed by atoms with van der Waals surface area (Å²) < 4.78 is 17.8. The van der Waals surface area contributed by atoms with Crippen LogP contribution in [0.3, 0.4) is 0 Å². The first-order valence-corrected chi connectivity index (χ1v) is 18.2. The maximum absolute atomic E-state index is 13.1. The zero-order valence-electron chi connectivity index (χ0n) is 30.2. The highest BCUT2D eigenvalue weighted by Gasteiger charge is 2.20. The zero-order valence-corrected chi connectivity index (χ0v) is 32.5. The summed E-state index contributed by atoms with van der Waals surface area (Å²) >= 11 is 12.8. The van der Waals surface area contributed by atoms with E-state index in [9.17, 15) is 4.79 Å². The molecule has 0 aliphatic carbocycles. The minimum Gasteiger partial charge on any atom is -0.493 e. The van der Waals surface area contributed by atoms with Gasteiger partial charge in [0.2, 0.25) is 11.8 Å². The third-order valence-corrected chi connectivity index (χ3v) is 9.84. The van der Waals surface area contributed by atoms with Gasteiger partial charge in [0.05, 0.1) is 17.8 Å². The fraction of sp³-hybridized carbons (Fsp3) is 0.256. The van der Waals surface area contributed by atoms with Crippen LogP contribution in [0.2, 0.25) is 10.0 Å². The van der Waals surface area contributed by atoms with E-state index in [2.05, 4.69) is 60.1 Å². The molecule has 53 heavy (non-hydrogen) atoms. The molecule has 1 aliphatic heterocycles. The van der Waals surface area contributed by atoms with E-state index < -0.39 is 0 Å². The maximum Gasteiger partial charge on any atom is 0.246 e. The van der Waals surface area contributed by atoms with Crippen molar-refractivity contribution in [2.75, 3.05) is 32.8 Å². The standard InChI is InChI=1S/C43H43Cl2N3O4.ClH/c1-30-8-14-37(25-31(30)2)50-23-18-33-9-11-34(12-10-33)28-47-19-21-48(22-20-47)42(49)17-13-35-24-32(3)43(40(45)26-35)52-41-16-15-38(27-46-41)51-29-36-6-4-5-7-39(36)44;/h4-17,24-27H,18-23,28-29H2,1-3H3;1H/b17-13+;. The van der Waals surface area contributed by atoms with Crippen LogP contribution in [0.5, 0.6) is 23.1 Å². The first kappa shape index (κ1) is 39.7. The van der Waals surface area contributed by atoms with Crippen LogP contribution in [0.1, 0.15) is 38.9 Å². The average molecular weight is 773 g/mol. The SMILES string of the molecule is Cc1ccc(OCCc2ccc(CN3CCN(C(=O)/C=C/c4cc(C)c(Oc5ccc(OCc6ccccc6Cl)cn5)c(Cl)c4)CC3)cc2)cc1C.Cl. The highest BCUT2D eigenvalue weighted by molar-refractivity contribution is 6.32. The van der Waals surface area contributed by atoms with Crippen LogP contribution in [0.15, 0.2) is 103 Å². The number of rotatable bonds is 13. The second kappa shape index (κ2) is 19.0. The normalized spacial score (nSPS) is 13.1. The van der Waals surface area contributed by atoms with Gasteiger partial charge in [-0.15, -0.1) is 12.4 Å². The summed E-state index contributed by atoms with van der Waals surface area (Å²) in [4.78, 5) is 21.7.